The third kappa shape index (κ3) is 14.8. The van der Waals surface area contributed by atoms with Crippen molar-refractivity contribution >= 4 is 43.9 Å². The van der Waals surface area contributed by atoms with E-state index in [1.807, 2.05) is 86.0 Å². The first-order valence-electron chi connectivity index (χ1n) is 23.9. The lowest BCUT2D eigenvalue weighted by atomic mass is 9.83. The van der Waals surface area contributed by atoms with E-state index in [-0.39, 0.29) is 55.2 Å². The molecule has 1 heterocycles. The van der Waals surface area contributed by atoms with Crippen LogP contribution in [0.2, 0.25) is 25.7 Å². The van der Waals surface area contributed by atoms with E-state index >= 15 is 4.39 Å². The average molecular weight is 995 g/mol. The van der Waals surface area contributed by atoms with Gasteiger partial charge in [-0.25, -0.2) is 23.2 Å². The molecular weight excluding hydrogens is 927 g/mol. The molecule has 4 aromatic carbocycles. The molecule has 0 fully saturated rings. The molecule has 15 heteroatoms. The Morgan fingerprint density at radius 1 is 0.800 bits per heavy atom. The van der Waals surface area contributed by atoms with Crippen LogP contribution < -0.4 is 10.6 Å². The van der Waals surface area contributed by atoms with Crippen LogP contribution in [0.5, 0.6) is 0 Å². The Morgan fingerprint density at radius 3 is 2.07 bits per heavy atom. The lowest BCUT2D eigenvalue weighted by Crippen LogP contribution is -2.47. The fraction of sp³-hybridized carbons (Fsp3) is 0.418. The number of fused-ring (bicyclic) bond motifs is 3. The minimum atomic E-state index is -1.55. The fourth-order valence-corrected chi connectivity index (χ4v) is 10.3. The topological polar surface area (TPSA) is 128 Å². The normalized spacial score (nSPS) is 13.4. The molecule has 0 saturated heterocycles. The monoisotopic (exact) mass is 994 g/mol. The van der Waals surface area contributed by atoms with Crippen LogP contribution in [-0.2, 0) is 30.3 Å². The van der Waals surface area contributed by atoms with E-state index in [9.17, 15) is 23.6 Å². The molecule has 6 rings (SSSR count). The van der Waals surface area contributed by atoms with Gasteiger partial charge in [0.25, 0.3) is 0 Å². The molecule has 0 saturated carbocycles. The summed E-state index contributed by atoms with van der Waals surface area (Å²) in [5.41, 5.74) is 5.17. The zero-order valence-corrected chi connectivity index (χ0v) is 43.7. The minimum Gasteiger partial charge on any atom is -0.464 e. The molecule has 1 aliphatic rings. The van der Waals surface area contributed by atoms with Crippen molar-refractivity contribution < 1.29 is 42.2 Å². The summed E-state index contributed by atoms with van der Waals surface area (Å²) in [5.74, 6) is -2.26. The number of esters is 1. The van der Waals surface area contributed by atoms with Gasteiger partial charge in [-0.15, -0.1) is 11.8 Å². The van der Waals surface area contributed by atoms with Gasteiger partial charge >= 0.3 is 18.2 Å². The van der Waals surface area contributed by atoms with E-state index in [1.54, 1.807) is 31.9 Å². The van der Waals surface area contributed by atoms with E-state index in [4.69, 9.17) is 14.2 Å². The third-order valence-electron chi connectivity index (χ3n) is 11.9. The van der Waals surface area contributed by atoms with Crippen LogP contribution in [0, 0.1) is 17.0 Å². The Hall–Kier alpha value is -5.93. The summed E-state index contributed by atoms with van der Waals surface area (Å²) in [6.45, 7) is 18.8. The molecule has 3 amide bonds. The molecule has 374 valence electrons. The van der Waals surface area contributed by atoms with E-state index in [0.717, 1.165) is 46.0 Å². The van der Waals surface area contributed by atoms with Gasteiger partial charge in [-0.05, 0) is 90.7 Å². The molecule has 0 bridgehead atoms. The van der Waals surface area contributed by atoms with Crippen molar-refractivity contribution in [3.05, 3.63) is 143 Å². The summed E-state index contributed by atoms with van der Waals surface area (Å²) >= 11 is 1.17. The van der Waals surface area contributed by atoms with Crippen LogP contribution in [0.4, 0.5) is 18.4 Å². The van der Waals surface area contributed by atoms with Gasteiger partial charge < -0.3 is 34.3 Å². The van der Waals surface area contributed by atoms with E-state index in [1.165, 1.54) is 17.8 Å². The Bertz CT molecular complexity index is 2560. The van der Waals surface area contributed by atoms with Crippen LogP contribution in [0.15, 0.2) is 109 Å². The summed E-state index contributed by atoms with van der Waals surface area (Å²) in [7, 11) is -1.55. The number of carbonyl (C=O) groups excluding carboxylic acids is 4. The second-order valence-corrected chi connectivity index (χ2v) is 27.7. The van der Waals surface area contributed by atoms with Crippen LogP contribution in [0.3, 0.4) is 0 Å². The SMILES string of the molecule is CC(C)(C)OC(=O)NC(CSCC(=O)N(CCCNC(=O)OCC1c2ccccc2-c2ccccc21)C(c1cc(-c2cc(F)ccc2F)cn1Cc1ccccc1)C(C)(C)C)C(=O)OCC[Si](C)(C)C. The van der Waals surface area contributed by atoms with Gasteiger partial charge in [0.2, 0.25) is 5.91 Å². The molecule has 2 N–H and O–H groups in total. The number of hydrogen-bond donors (Lipinski definition) is 2. The molecule has 11 nitrogen and oxygen atoms in total. The highest BCUT2D eigenvalue weighted by Crippen LogP contribution is 2.45. The summed E-state index contributed by atoms with van der Waals surface area (Å²) in [6.07, 6.45) is 0.760. The van der Waals surface area contributed by atoms with Gasteiger partial charge in [-0.3, -0.25) is 4.79 Å². The third-order valence-corrected chi connectivity index (χ3v) is 14.6. The Kier molecular flexibility index (Phi) is 17.8. The molecular formula is C55H68F2N4O7SSi. The average Bonchev–Trinajstić information content (AvgIpc) is 3.83. The predicted molar refractivity (Wildman–Crippen MR) is 277 cm³/mol. The molecule has 0 radical (unpaired) electrons. The van der Waals surface area contributed by atoms with Crippen molar-refractivity contribution in [1.29, 1.82) is 0 Å². The summed E-state index contributed by atoms with van der Waals surface area (Å²) < 4.78 is 49.1. The number of ether oxygens (including phenoxy) is 3. The zero-order chi connectivity index (χ0) is 50.8. The number of nitrogens with one attached hydrogen (secondary N) is 2. The van der Waals surface area contributed by atoms with Crippen LogP contribution in [-0.4, -0.2) is 91.1 Å². The van der Waals surface area contributed by atoms with Crippen LogP contribution in [0.1, 0.15) is 82.3 Å². The highest BCUT2D eigenvalue weighted by molar-refractivity contribution is 8.00. The molecule has 70 heavy (non-hydrogen) atoms. The largest absolute Gasteiger partial charge is 0.464 e. The molecule has 1 aliphatic carbocycles. The minimum absolute atomic E-state index is 0.0154. The smallest absolute Gasteiger partial charge is 0.408 e. The number of rotatable bonds is 20. The van der Waals surface area contributed by atoms with Gasteiger partial charge in [0.05, 0.1) is 18.4 Å². The highest BCUT2D eigenvalue weighted by atomic mass is 32.2. The number of amides is 3. The number of aromatic nitrogens is 1. The molecule has 1 aromatic heterocycles. The first-order valence-corrected chi connectivity index (χ1v) is 28.8. The molecule has 5 aromatic rings. The maximum absolute atomic E-state index is 15.5. The van der Waals surface area contributed by atoms with Crippen molar-refractivity contribution in [2.45, 2.75) is 104 Å². The fourth-order valence-electron chi connectivity index (χ4n) is 8.62. The van der Waals surface area contributed by atoms with E-state index in [2.05, 4.69) is 54.5 Å². The summed E-state index contributed by atoms with van der Waals surface area (Å²) in [5, 5.41) is 5.55. The molecule has 2 atom stereocenters. The second kappa shape index (κ2) is 23.3. The Balaban J connectivity index is 1.25. The maximum atomic E-state index is 15.5. The second-order valence-electron chi connectivity index (χ2n) is 21.0. The van der Waals surface area contributed by atoms with Crippen LogP contribution >= 0.6 is 11.8 Å². The number of alkyl carbamates (subject to hydrolysis) is 2. The van der Waals surface area contributed by atoms with Gasteiger partial charge in [0.1, 0.15) is 29.9 Å². The molecule has 0 spiro atoms. The maximum Gasteiger partial charge on any atom is 0.408 e. The summed E-state index contributed by atoms with van der Waals surface area (Å²) in [4.78, 5) is 56.4. The number of carbonyl (C=O) groups is 4. The van der Waals surface area contributed by atoms with Gasteiger partial charge in [-0.1, -0.05) is 119 Å². The Labute approximate surface area is 417 Å². The van der Waals surface area contributed by atoms with Crippen molar-refractivity contribution in [1.82, 2.24) is 20.1 Å². The highest BCUT2D eigenvalue weighted by Gasteiger charge is 2.38. The lowest BCUT2D eigenvalue weighted by molar-refractivity contribution is -0.145. The van der Waals surface area contributed by atoms with E-state index in [0.29, 0.717) is 24.2 Å². The number of thioether (sulfide) groups is 1. The van der Waals surface area contributed by atoms with Crippen molar-refractivity contribution in [3.63, 3.8) is 0 Å². The Morgan fingerprint density at radius 2 is 1.44 bits per heavy atom. The number of halogens is 2. The molecule has 2 unspecified atom stereocenters. The van der Waals surface area contributed by atoms with Crippen LogP contribution in [0.25, 0.3) is 22.3 Å². The van der Waals surface area contributed by atoms with Crippen molar-refractivity contribution in [3.8, 4) is 22.3 Å². The van der Waals surface area contributed by atoms with E-state index < -0.39 is 61.0 Å². The number of hydrogen-bond acceptors (Lipinski definition) is 8. The quantitative estimate of drug-likeness (QED) is 0.0341. The number of nitrogens with zero attached hydrogens (tertiary/aromatic N) is 2. The number of benzene rings is 4. The van der Waals surface area contributed by atoms with Crippen molar-refractivity contribution in [2.24, 2.45) is 5.41 Å². The van der Waals surface area contributed by atoms with Crippen molar-refractivity contribution in [2.75, 3.05) is 37.8 Å². The van der Waals surface area contributed by atoms with Gasteiger partial charge in [-0.2, -0.15) is 0 Å². The first-order chi connectivity index (χ1) is 33.1. The lowest BCUT2D eigenvalue weighted by Gasteiger charge is -2.41. The zero-order valence-electron chi connectivity index (χ0n) is 41.9. The predicted octanol–water partition coefficient (Wildman–Crippen LogP) is 11.8. The molecule has 0 aliphatic heterocycles. The standard InChI is InChI=1S/C55H68F2N4O7SSi/c1-54(2,3)50(48-30-38(44-31-39(56)24-25-46(44)57)33-60(48)32-37-18-11-10-12-19-37)61(49(62)36-69-35-47(59-53(65)68-55(4,5)6)51(63)66-28-29-70(7,8)9)27-17-26-58-52(64)67-34-45-42-22-15-13-20-40(42)41-21-14-16-23-43(41)45/h10-16,18-25,30-31,33,45,47,50H,17,26-29,32,34-36H2,1-9H3,(H,58,64)(H,59,65). The van der Waals surface area contributed by atoms with Gasteiger partial charge in [0, 0.05) is 62.4 Å². The van der Waals surface area contributed by atoms with Gasteiger partial charge in [0.15, 0.2) is 0 Å². The summed E-state index contributed by atoms with van der Waals surface area (Å²) in [6, 6.07) is 30.1. The first kappa shape index (κ1) is 53.4.